The van der Waals surface area contributed by atoms with Gasteiger partial charge in [0.15, 0.2) is 12.4 Å². The maximum atomic E-state index is 13.1. The molecule has 0 aromatic rings. The molecule has 4 atom stereocenters. The highest BCUT2D eigenvalue weighted by Crippen LogP contribution is 2.45. The van der Waals surface area contributed by atoms with E-state index in [4.69, 9.17) is 4.74 Å². The van der Waals surface area contributed by atoms with E-state index < -0.39 is 48.8 Å². The molecule has 1 aliphatic heterocycles. The molecule has 0 amide bonds. The Bertz CT molecular complexity index is 411. The Labute approximate surface area is 117 Å². The lowest BCUT2D eigenvalue weighted by Crippen LogP contribution is -2.61. The molecular weight excluding hydrogens is 301 g/mol. The Morgan fingerprint density at radius 2 is 1.86 bits per heavy atom. The van der Waals surface area contributed by atoms with Crippen LogP contribution >= 0.6 is 0 Å². The summed E-state index contributed by atoms with van der Waals surface area (Å²) in [5.74, 6) is -1.83. The first-order chi connectivity index (χ1) is 9.53. The minimum atomic E-state index is -5.20. The standard InChI is InChI=1S/C11H15F3O7/c1-5(15)19-4-7-8(20-6(2)16)10(17,11(12,13)14)9(18-3)21-7/h7-9,17H,4H2,1-3H3/t7-,8-,9+,10-/m1/s1. The zero-order valence-electron chi connectivity index (χ0n) is 11.5. The average molecular weight is 316 g/mol. The number of rotatable bonds is 4. The smallest absolute Gasteiger partial charge is 0.426 e. The largest absolute Gasteiger partial charge is 0.463 e. The van der Waals surface area contributed by atoms with E-state index in [1.807, 2.05) is 0 Å². The van der Waals surface area contributed by atoms with Crippen LogP contribution in [0.4, 0.5) is 13.2 Å². The molecule has 1 rings (SSSR count). The van der Waals surface area contributed by atoms with E-state index in [2.05, 4.69) is 14.2 Å². The number of esters is 2. The van der Waals surface area contributed by atoms with Crippen LogP contribution in [0.5, 0.6) is 0 Å². The summed E-state index contributed by atoms with van der Waals surface area (Å²) in [7, 11) is 0.889. The zero-order valence-corrected chi connectivity index (χ0v) is 11.5. The predicted octanol–water partition coefficient (Wildman–Crippen LogP) is 0.146. The molecule has 0 aliphatic carbocycles. The Morgan fingerprint density at radius 1 is 1.29 bits per heavy atom. The van der Waals surface area contributed by atoms with Crippen LogP contribution in [0.15, 0.2) is 0 Å². The number of aliphatic hydroxyl groups is 1. The first-order valence-corrected chi connectivity index (χ1v) is 5.82. The van der Waals surface area contributed by atoms with Crippen molar-refractivity contribution in [1.29, 1.82) is 0 Å². The second-order valence-corrected chi connectivity index (χ2v) is 4.40. The number of halogens is 3. The van der Waals surface area contributed by atoms with Gasteiger partial charge in [0.25, 0.3) is 5.60 Å². The van der Waals surface area contributed by atoms with Crippen molar-refractivity contribution in [3.8, 4) is 0 Å². The van der Waals surface area contributed by atoms with E-state index in [9.17, 15) is 27.9 Å². The minimum absolute atomic E-state index is 0.633. The summed E-state index contributed by atoms with van der Waals surface area (Å²) < 4.78 is 57.9. The van der Waals surface area contributed by atoms with Gasteiger partial charge in [0.2, 0.25) is 0 Å². The van der Waals surface area contributed by atoms with Crippen molar-refractivity contribution in [2.75, 3.05) is 13.7 Å². The fraction of sp³-hybridized carbons (Fsp3) is 0.818. The lowest BCUT2D eigenvalue weighted by atomic mass is 9.94. The van der Waals surface area contributed by atoms with Crippen LogP contribution in [0.3, 0.4) is 0 Å². The van der Waals surface area contributed by atoms with Crippen molar-refractivity contribution >= 4 is 11.9 Å². The summed E-state index contributed by atoms with van der Waals surface area (Å²) >= 11 is 0. The first-order valence-electron chi connectivity index (χ1n) is 5.82. The van der Waals surface area contributed by atoms with Crippen LogP contribution < -0.4 is 0 Å². The van der Waals surface area contributed by atoms with Crippen LogP contribution in [0.1, 0.15) is 13.8 Å². The van der Waals surface area contributed by atoms with Crippen molar-refractivity contribution in [3.05, 3.63) is 0 Å². The minimum Gasteiger partial charge on any atom is -0.463 e. The third-order valence-electron chi connectivity index (χ3n) is 2.84. The first kappa shape index (κ1) is 17.7. The summed E-state index contributed by atoms with van der Waals surface area (Å²) in [6.07, 6.45) is -11.0. The molecular formula is C11H15F3O7. The fourth-order valence-corrected chi connectivity index (χ4v) is 1.95. The second-order valence-electron chi connectivity index (χ2n) is 4.40. The molecule has 0 radical (unpaired) electrons. The molecule has 0 aromatic carbocycles. The van der Waals surface area contributed by atoms with Gasteiger partial charge < -0.3 is 24.1 Å². The maximum Gasteiger partial charge on any atom is 0.426 e. The van der Waals surface area contributed by atoms with Crippen molar-refractivity contribution in [1.82, 2.24) is 0 Å². The molecule has 0 unspecified atom stereocenters. The van der Waals surface area contributed by atoms with Crippen molar-refractivity contribution in [2.24, 2.45) is 0 Å². The summed E-state index contributed by atoms with van der Waals surface area (Å²) in [5.41, 5.74) is -3.57. The Balaban J connectivity index is 3.11. The number of hydrogen-bond donors (Lipinski definition) is 1. The van der Waals surface area contributed by atoms with Crippen molar-refractivity contribution in [2.45, 2.75) is 44.1 Å². The van der Waals surface area contributed by atoms with E-state index in [0.29, 0.717) is 0 Å². The van der Waals surface area contributed by atoms with Gasteiger partial charge in [0.05, 0.1) is 0 Å². The molecule has 7 nitrogen and oxygen atoms in total. The third-order valence-corrected chi connectivity index (χ3v) is 2.84. The normalized spacial score (nSPS) is 32.8. The quantitative estimate of drug-likeness (QED) is 0.738. The summed E-state index contributed by atoms with van der Waals surface area (Å²) in [4.78, 5) is 21.7. The summed E-state index contributed by atoms with van der Waals surface area (Å²) in [6, 6.07) is 0. The zero-order chi connectivity index (χ0) is 16.4. The second kappa shape index (κ2) is 6.16. The van der Waals surface area contributed by atoms with Gasteiger partial charge in [-0.15, -0.1) is 0 Å². The van der Waals surface area contributed by atoms with E-state index in [1.54, 1.807) is 0 Å². The van der Waals surface area contributed by atoms with Gasteiger partial charge in [-0.25, -0.2) is 0 Å². The van der Waals surface area contributed by atoms with Crippen LogP contribution in [0, 0.1) is 0 Å². The number of ether oxygens (including phenoxy) is 4. The molecule has 0 aromatic heterocycles. The van der Waals surface area contributed by atoms with Gasteiger partial charge in [0.1, 0.15) is 12.7 Å². The maximum absolute atomic E-state index is 13.1. The number of hydrogen-bond acceptors (Lipinski definition) is 7. The Kier molecular flexibility index (Phi) is 5.18. The highest BCUT2D eigenvalue weighted by atomic mass is 19.4. The molecule has 1 heterocycles. The average Bonchev–Trinajstić information content (AvgIpc) is 2.60. The molecule has 0 bridgehead atoms. The van der Waals surface area contributed by atoms with Gasteiger partial charge in [-0.2, -0.15) is 13.2 Å². The van der Waals surface area contributed by atoms with Gasteiger partial charge in [-0.1, -0.05) is 0 Å². The van der Waals surface area contributed by atoms with E-state index >= 15 is 0 Å². The van der Waals surface area contributed by atoms with Crippen molar-refractivity contribution in [3.63, 3.8) is 0 Å². The molecule has 1 N–H and O–H groups in total. The number of methoxy groups -OCH3 is 1. The van der Waals surface area contributed by atoms with Crippen molar-refractivity contribution < 1.29 is 46.8 Å². The highest BCUT2D eigenvalue weighted by Gasteiger charge is 2.72. The lowest BCUT2D eigenvalue weighted by molar-refractivity contribution is -0.326. The van der Waals surface area contributed by atoms with Crippen LogP contribution in [0.25, 0.3) is 0 Å². The summed E-state index contributed by atoms with van der Waals surface area (Å²) in [5, 5.41) is 9.94. The fourth-order valence-electron chi connectivity index (χ4n) is 1.95. The Morgan fingerprint density at radius 3 is 2.24 bits per heavy atom. The third kappa shape index (κ3) is 3.44. The number of carbonyl (C=O) groups is 2. The van der Waals surface area contributed by atoms with Crippen LogP contribution in [-0.2, 0) is 28.5 Å². The van der Waals surface area contributed by atoms with E-state index in [1.165, 1.54) is 0 Å². The number of alkyl halides is 3. The molecule has 1 aliphatic rings. The molecule has 1 saturated heterocycles. The van der Waals surface area contributed by atoms with Crippen LogP contribution in [-0.4, -0.2) is 61.0 Å². The summed E-state index contributed by atoms with van der Waals surface area (Å²) in [6.45, 7) is 1.28. The number of carbonyl (C=O) groups excluding carboxylic acids is 2. The highest BCUT2D eigenvalue weighted by molar-refractivity contribution is 5.67. The predicted molar refractivity (Wildman–Crippen MR) is 58.9 cm³/mol. The molecule has 0 saturated carbocycles. The Hall–Kier alpha value is -1.39. The molecule has 10 heteroatoms. The van der Waals surface area contributed by atoms with Gasteiger partial charge in [-0.3, -0.25) is 9.59 Å². The SMILES string of the molecule is CO[C@H]1O[C@H](COC(C)=O)[C@@H](OC(C)=O)[C@]1(O)C(F)(F)F. The van der Waals surface area contributed by atoms with Gasteiger partial charge in [-0.05, 0) is 0 Å². The van der Waals surface area contributed by atoms with Crippen LogP contribution in [0.2, 0.25) is 0 Å². The topological polar surface area (TPSA) is 91.3 Å². The lowest BCUT2D eigenvalue weighted by Gasteiger charge is -2.33. The van der Waals surface area contributed by atoms with Gasteiger partial charge in [0, 0.05) is 21.0 Å². The molecule has 122 valence electrons. The monoisotopic (exact) mass is 316 g/mol. The van der Waals surface area contributed by atoms with Gasteiger partial charge >= 0.3 is 18.1 Å². The molecule has 0 spiro atoms. The van der Waals surface area contributed by atoms with E-state index in [-0.39, 0.29) is 0 Å². The van der Waals surface area contributed by atoms with E-state index in [0.717, 1.165) is 21.0 Å². The molecule has 21 heavy (non-hydrogen) atoms. The molecule has 1 fully saturated rings.